The number of nitrogens with zero attached hydrogens (tertiary/aromatic N) is 4. The lowest BCUT2D eigenvalue weighted by atomic mass is 9.93. The molecule has 3 aliphatic rings. The number of piperidine rings is 2. The third-order valence-electron chi connectivity index (χ3n) is 6.14. The molecule has 8 nitrogen and oxygen atoms in total. The van der Waals surface area contributed by atoms with E-state index in [0.717, 1.165) is 64.7 Å². The van der Waals surface area contributed by atoms with Crippen LogP contribution in [0.15, 0.2) is 12.4 Å². The van der Waals surface area contributed by atoms with Crippen molar-refractivity contribution in [3.8, 4) is 0 Å². The molecule has 1 atom stereocenters. The van der Waals surface area contributed by atoms with Crippen LogP contribution in [-0.2, 0) is 4.79 Å². The molecule has 0 radical (unpaired) electrons. The van der Waals surface area contributed by atoms with Crippen molar-refractivity contribution in [2.45, 2.75) is 50.6 Å². The molecule has 4 rings (SSSR count). The Balaban J connectivity index is 1.28. The molecule has 1 aromatic heterocycles. The molecule has 1 aromatic rings. The van der Waals surface area contributed by atoms with Gasteiger partial charge in [-0.15, -0.1) is 0 Å². The number of carbonyl (C=O) groups excluding carboxylic acids is 2. The van der Waals surface area contributed by atoms with E-state index in [4.69, 9.17) is 0 Å². The average Bonchev–Trinajstić information content (AvgIpc) is 3.57. The van der Waals surface area contributed by atoms with Gasteiger partial charge in [0, 0.05) is 51.2 Å². The number of nitrogens with one attached hydrogen (secondary N) is 2. The van der Waals surface area contributed by atoms with Crippen molar-refractivity contribution in [3.05, 3.63) is 18.0 Å². The Bertz CT molecular complexity index is 697. The highest BCUT2D eigenvalue weighted by Gasteiger charge is 2.34. The monoisotopic (exact) mass is 386 g/mol. The lowest BCUT2D eigenvalue weighted by molar-refractivity contribution is -0.127. The smallest absolute Gasteiger partial charge is 0.256 e. The largest absolute Gasteiger partial charge is 0.357 e. The molecule has 28 heavy (non-hydrogen) atoms. The second-order valence-electron chi connectivity index (χ2n) is 8.19. The molecule has 0 bridgehead atoms. The summed E-state index contributed by atoms with van der Waals surface area (Å²) in [4.78, 5) is 37.8. The molecule has 0 spiro atoms. The Morgan fingerprint density at radius 2 is 1.75 bits per heavy atom. The summed E-state index contributed by atoms with van der Waals surface area (Å²) in [7, 11) is 1.75. The molecule has 152 valence electrons. The van der Waals surface area contributed by atoms with Crippen molar-refractivity contribution in [1.29, 1.82) is 0 Å². The van der Waals surface area contributed by atoms with Crippen molar-refractivity contribution in [1.82, 2.24) is 25.1 Å². The first-order valence-corrected chi connectivity index (χ1v) is 10.5. The van der Waals surface area contributed by atoms with Crippen molar-refractivity contribution in [3.63, 3.8) is 0 Å². The molecular formula is C20H30N6O2. The number of amides is 2. The van der Waals surface area contributed by atoms with E-state index < -0.39 is 0 Å². The van der Waals surface area contributed by atoms with Gasteiger partial charge in [0.25, 0.3) is 5.91 Å². The van der Waals surface area contributed by atoms with Crippen LogP contribution < -0.4 is 10.6 Å². The summed E-state index contributed by atoms with van der Waals surface area (Å²) in [5, 5.41) is 6.02. The van der Waals surface area contributed by atoms with Gasteiger partial charge in [-0.2, -0.15) is 0 Å². The molecule has 2 N–H and O–H groups in total. The summed E-state index contributed by atoms with van der Waals surface area (Å²) < 4.78 is 0. The summed E-state index contributed by atoms with van der Waals surface area (Å²) in [5.41, 5.74) is 0.534. The van der Waals surface area contributed by atoms with Gasteiger partial charge in [0.1, 0.15) is 0 Å². The quantitative estimate of drug-likeness (QED) is 0.788. The predicted octanol–water partition coefficient (Wildman–Crippen LogP) is 1.11. The van der Waals surface area contributed by atoms with E-state index in [1.807, 2.05) is 4.90 Å². The molecule has 1 saturated carbocycles. The number of anilines is 1. The highest BCUT2D eigenvalue weighted by atomic mass is 16.2. The molecule has 0 aromatic carbocycles. The summed E-state index contributed by atoms with van der Waals surface area (Å²) in [6, 6.07) is 0.895. The highest BCUT2D eigenvalue weighted by molar-refractivity contribution is 5.93. The van der Waals surface area contributed by atoms with Gasteiger partial charge in [-0.3, -0.25) is 14.5 Å². The number of aromatic nitrogens is 2. The lowest BCUT2D eigenvalue weighted by Crippen LogP contribution is -2.51. The fourth-order valence-electron chi connectivity index (χ4n) is 4.28. The molecule has 2 amide bonds. The standard InChI is InChI=1S/C20H30N6O2/c1-21-20-22-11-15(12-23-20)19(28)25-9-6-17(7-10-25)26-8-2-3-14(13-26)18(27)24-16-4-5-16/h11-12,14,16-17H,2-10,13H2,1H3,(H,24,27)(H,21,22,23)/t14-/m1/s1. The third-order valence-corrected chi connectivity index (χ3v) is 6.14. The Kier molecular flexibility index (Phi) is 5.75. The van der Waals surface area contributed by atoms with Crippen LogP contribution in [0, 0.1) is 5.92 Å². The van der Waals surface area contributed by atoms with Gasteiger partial charge in [0.15, 0.2) is 0 Å². The van der Waals surface area contributed by atoms with Crippen LogP contribution in [0.5, 0.6) is 0 Å². The fourth-order valence-corrected chi connectivity index (χ4v) is 4.28. The van der Waals surface area contributed by atoms with E-state index in [0.29, 0.717) is 23.6 Å². The first-order chi connectivity index (χ1) is 13.6. The topological polar surface area (TPSA) is 90.5 Å². The van der Waals surface area contributed by atoms with Crippen LogP contribution in [0.2, 0.25) is 0 Å². The van der Waals surface area contributed by atoms with E-state index >= 15 is 0 Å². The number of hydrogen-bond donors (Lipinski definition) is 2. The summed E-state index contributed by atoms with van der Waals surface area (Å²) in [6.07, 6.45) is 9.43. The van der Waals surface area contributed by atoms with Crippen molar-refractivity contribution < 1.29 is 9.59 Å². The van der Waals surface area contributed by atoms with Crippen LogP contribution in [0.3, 0.4) is 0 Å². The van der Waals surface area contributed by atoms with Crippen LogP contribution in [0.4, 0.5) is 5.95 Å². The molecule has 3 fully saturated rings. The average molecular weight is 387 g/mol. The van der Waals surface area contributed by atoms with E-state index in [-0.39, 0.29) is 17.7 Å². The maximum absolute atomic E-state index is 12.7. The number of rotatable bonds is 5. The first-order valence-electron chi connectivity index (χ1n) is 10.5. The molecule has 3 heterocycles. The molecule has 2 aliphatic heterocycles. The van der Waals surface area contributed by atoms with Crippen molar-refractivity contribution in [2.75, 3.05) is 38.5 Å². The molecule has 2 saturated heterocycles. The van der Waals surface area contributed by atoms with Gasteiger partial charge in [0.05, 0.1) is 11.5 Å². The van der Waals surface area contributed by atoms with Crippen molar-refractivity contribution >= 4 is 17.8 Å². The second-order valence-corrected chi connectivity index (χ2v) is 8.19. The lowest BCUT2D eigenvalue weighted by Gasteiger charge is -2.42. The summed E-state index contributed by atoms with van der Waals surface area (Å²) in [5.74, 6) is 0.878. The van der Waals surface area contributed by atoms with Crippen LogP contribution in [0.25, 0.3) is 0 Å². The Morgan fingerprint density at radius 3 is 2.39 bits per heavy atom. The third kappa shape index (κ3) is 4.43. The van der Waals surface area contributed by atoms with Gasteiger partial charge >= 0.3 is 0 Å². The zero-order valence-corrected chi connectivity index (χ0v) is 16.6. The van der Waals surface area contributed by atoms with Gasteiger partial charge < -0.3 is 15.5 Å². The van der Waals surface area contributed by atoms with Crippen LogP contribution in [0.1, 0.15) is 48.9 Å². The van der Waals surface area contributed by atoms with E-state index in [9.17, 15) is 9.59 Å². The molecule has 0 unspecified atom stereocenters. The van der Waals surface area contributed by atoms with E-state index in [2.05, 4.69) is 25.5 Å². The minimum Gasteiger partial charge on any atom is -0.357 e. The first kappa shape index (κ1) is 19.1. The Hall–Kier alpha value is -2.22. The van der Waals surface area contributed by atoms with Crippen molar-refractivity contribution in [2.24, 2.45) is 5.92 Å². The zero-order valence-electron chi connectivity index (χ0n) is 16.6. The number of hydrogen-bond acceptors (Lipinski definition) is 6. The fraction of sp³-hybridized carbons (Fsp3) is 0.700. The minimum atomic E-state index is 0.00133. The SMILES string of the molecule is CNc1ncc(C(=O)N2CCC(N3CCC[C@@H](C(=O)NC4CC4)C3)CC2)cn1. The van der Waals surface area contributed by atoms with Crippen LogP contribution >= 0.6 is 0 Å². The number of carbonyl (C=O) groups is 2. The summed E-state index contributed by atoms with van der Waals surface area (Å²) >= 11 is 0. The molecule has 8 heteroatoms. The maximum atomic E-state index is 12.7. The van der Waals surface area contributed by atoms with Gasteiger partial charge in [-0.25, -0.2) is 9.97 Å². The normalized spacial score (nSPS) is 24.0. The second kappa shape index (κ2) is 8.43. The Morgan fingerprint density at radius 1 is 1.04 bits per heavy atom. The maximum Gasteiger partial charge on any atom is 0.256 e. The highest BCUT2D eigenvalue weighted by Crippen LogP contribution is 2.26. The van der Waals surface area contributed by atoms with Crippen LogP contribution in [-0.4, -0.2) is 76.9 Å². The predicted molar refractivity (Wildman–Crippen MR) is 106 cm³/mol. The molecular weight excluding hydrogens is 356 g/mol. The molecule has 1 aliphatic carbocycles. The van der Waals surface area contributed by atoms with E-state index in [1.165, 1.54) is 0 Å². The summed E-state index contributed by atoms with van der Waals surface area (Å²) in [6.45, 7) is 3.40. The zero-order chi connectivity index (χ0) is 19.5. The van der Waals surface area contributed by atoms with Gasteiger partial charge in [0.2, 0.25) is 11.9 Å². The van der Waals surface area contributed by atoms with Gasteiger partial charge in [-0.1, -0.05) is 0 Å². The van der Waals surface area contributed by atoms with Gasteiger partial charge in [-0.05, 0) is 45.1 Å². The number of likely N-dealkylation sites (tertiary alicyclic amines) is 2. The Labute approximate surface area is 166 Å². The minimum absolute atomic E-state index is 0.00133. The van der Waals surface area contributed by atoms with E-state index in [1.54, 1.807) is 19.4 Å².